The first-order valence-corrected chi connectivity index (χ1v) is 12.3. The molecule has 1 aromatic carbocycles. The van der Waals surface area contributed by atoms with Gasteiger partial charge < -0.3 is 9.88 Å². The number of fused-ring (bicyclic) bond motifs is 1. The number of nitrogens with one attached hydrogen (secondary N) is 2. The molecule has 2 rings (SSSR count). The molecule has 3 amide bonds. The molecule has 2 N–H and O–H groups in total. The number of thioether (sulfide) groups is 1. The van der Waals surface area contributed by atoms with E-state index in [4.69, 9.17) is 0 Å². The van der Waals surface area contributed by atoms with E-state index < -0.39 is 27.2 Å². The fourth-order valence-corrected chi connectivity index (χ4v) is 5.45. The number of urea groups is 1. The Bertz CT molecular complexity index is 1020. The number of amides is 3. The minimum atomic E-state index is -3.59. The van der Waals surface area contributed by atoms with E-state index in [0.29, 0.717) is 36.9 Å². The maximum atomic E-state index is 12.8. The number of benzene rings is 1. The molecule has 0 aliphatic rings. The number of aromatic nitrogens is 2. The number of imide groups is 1. The lowest BCUT2D eigenvalue weighted by molar-refractivity contribution is -0.119. The Morgan fingerprint density at radius 2 is 1.87 bits per heavy atom. The molecule has 1 atom stereocenters. The van der Waals surface area contributed by atoms with Crippen LogP contribution < -0.4 is 10.6 Å². The van der Waals surface area contributed by atoms with Gasteiger partial charge in [0.15, 0.2) is 5.16 Å². The lowest BCUT2D eigenvalue weighted by atomic mass is 10.3. The Morgan fingerprint density at radius 3 is 2.43 bits per heavy atom. The average Bonchev–Trinajstić information content (AvgIpc) is 3.04. The predicted molar refractivity (Wildman–Crippen MR) is 118 cm³/mol. The predicted octanol–water partition coefficient (Wildman–Crippen LogP) is 2.41. The SMILES string of the molecule is CCNC(=O)NC(=O)C(C)Sc1nc2cc(S(=O)(=O)N(CC)CC)ccc2n1CC. The highest BCUT2D eigenvalue weighted by Gasteiger charge is 2.24. The quantitative estimate of drug-likeness (QED) is 0.562. The zero-order valence-corrected chi connectivity index (χ0v) is 19.6. The third kappa shape index (κ3) is 5.13. The van der Waals surface area contributed by atoms with Crippen molar-refractivity contribution in [1.82, 2.24) is 24.5 Å². The number of carbonyl (C=O) groups is 2. The second kappa shape index (κ2) is 10.3. The van der Waals surface area contributed by atoms with Gasteiger partial charge in [-0.3, -0.25) is 10.1 Å². The summed E-state index contributed by atoms with van der Waals surface area (Å²) in [6.45, 7) is 10.8. The van der Waals surface area contributed by atoms with E-state index >= 15 is 0 Å². The van der Waals surface area contributed by atoms with E-state index in [2.05, 4.69) is 15.6 Å². The smallest absolute Gasteiger partial charge is 0.321 e. The van der Waals surface area contributed by atoms with Crippen molar-refractivity contribution in [3.63, 3.8) is 0 Å². The Labute approximate surface area is 181 Å². The molecule has 0 fully saturated rings. The van der Waals surface area contributed by atoms with Crippen molar-refractivity contribution in [3.8, 4) is 0 Å². The molecule has 1 heterocycles. The number of hydrogen-bond donors (Lipinski definition) is 2. The van der Waals surface area contributed by atoms with Crippen LogP contribution in [0.2, 0.25) is 0 Å². The van der Waals surface area contributed by atoms with E-state index in [9.17, 15) is 18.0 Å². The first kappa shape index (κ1) is 24.2. The van der Waals surface area contributed by atoms with Crippen molar-refractivity contribution in [2.24, 2.45) is 0 Å². The molecule has 9 nitrogen and oxygen atoms in total. The fraction of sp³-hybridized carbons (Fsp3) is 0.526. The third-order valence-electron chi connectivity index (χ3n) is 4.57. The number of aryl methyl sites for hydroxylation is 1. The highest BCUT2D eigenvalue weighted by Crippen LogP contribution is 2.29. The van der Waals surface area contributed by atoms with E-state index in [1.165, 1.54) is 16.1 Å². The molecule has 1 aromatic heterocycles. The molecule has 0 spiro atoms. The number of nitrogens with zero attached hydrogens (tertiary/aromatic N) is 3. The molecular weight excluding hydrogens is 426 g/mol. The van der Waals surface area contributed by atoms with Crippen molar-refractivity contribution in [3.05, 3.63) is 18.2 Å². The molecule has 2 aromatic rings. The van der Waals surface area contributed by atoms with Gasteiger partial charge in [0, 0.05) is 26.2 Å². The molecule has 0 aliphatic carbocycles. The average molecular weight is 456 g/mol. The highest BCUT2D eigenvalue weighted by atomic mass is 32.2. The minimum Gasteiger partial charge on any atom is -0.338 e. The molecule has 30 heavy (non-hydrogen) atoms. The van der Waals surface area contributed by atoms with E-state index in [-0.39, 0.29) is 4.90 Å². The van der Waals surface area contributed by atoms with Crippen molar-refractivity contribution in [1.29, 1.82) is 0 Å². The van der Waals surface area contributed by atoms with Gasteiger partial charge in [-0.2, -0.15) is 4.31 Å². The second-order valence-corrected chi connectivity index (χ2v) is 9.73. The molecular formula is C19H29N5O4S2. The fourth-order valence-electron chi connectivity index (χ4n) is 2.99. The summed E-state index contributed by atoms with van der Waals surface area (Å²) in [5, 5.41) is 4.84. The third-order valence-corrected chi connectivity index (χ3v) is 7.71. The van der Waals surface area contributed by atoms with Crippen LogP contribution in [0.3, 0.4) is 0 Å². The molecule has 0 saturated carbocycles. The molecule has 0 radical (unpaired) electrons. The van der Waals surface area contributed by atoms with Gasteiger partial charge >= 0.3 is 6.03 Å². The van der Waals surface area contributed by atoms with Crippen LogP contribution in [0.25, 0.3) is 11.0 Å². The van der Waals surface area contributed by atoms with Crippen LogP contribution in [0.1, 0.15) is 34.6 Å². The van der Waals surface area contributed by atoms with E-state index in [1.54, 1.807) is 45.9 Å². The van der Waals surface area contributed by atoms with Crippen molar-refractivity contribution in [2.45, 2.75) is 56.5 Å². The summed E-state index contributed by atoms with van der Waals surface area (Å²) in [5.41, 5.74) is 1.33. The van der Waals surface area contributed by atoms with Gasteiger partial charge in [-0.1, -0.05) is 25.6 Å². The Hall–Kier alpha value is -2.11. The van der Waals surface area contributed by atoms with Gasteiger partial charge in [0.05, 0.1) is 21.2 Å². The molecule has 166 valence electrons. The molecule has 0 bridgehead atoms. The number of hydrogen-bond acceptors (Lipinski definition) is 6. The maximum absolute atomic E-state index is 12.8. The van der Waals surface area contributed by atoms with E-state index in [0.717, 1.165) is 5.52 Å². The van der Waals surface area contributed by atoms with Crippen molar-refractivity contribution < 1.29 is 18.0 Å². The summed E-state index contributed by atoms with van der Waals surface area (Å²) in [6, 6.07) is 4.36. The number of imidazole rings is 1. The summed E-state index contributed by atoms with van der Waals surface area (Å²) in [5.74, 6) is -0.426. The van der Waals surface area contributed by atoms with Gasteiger partial charge in [0.25, 0.3) is 0 Å². The zero-order chi connectivity index (χ0) is 22.5. The first-order chi connectivity index (χ1) is 14.2. The normalized spacial score (nSPS) is 12.9. The van der Waals surface area contributed by atoms with Crippen LogP contribution in [-0.4, -0.2) is 59.1 Å². The number of carbonyl (C=O) groups excluding carboxylic acids is 2. The summed E-state index contributed by atoms with van der Waals surface area (Å²) in [4.78, 5) is 28.6. The van der Waals surface area contributed by atoms with Gasteiger partial charge in [0.1, 0.15) is 0 Å². The largest absolute Gasteiger partial charge is 0.338 e. The minimum absolute atomic E-state index is 0.193. The molecule has 0 saturated heterocycles. The number of rotatable bonds is 9. The monoisotopic (exact) mass is 455 g/mol. The van der Waals surface area contributed by atoms with Gasteiger partial charge in [-0.15, -0.1) is 0 Å². The van der Waals surface area contributed by atoms with Crippen LogP contribution >= 0.6 is 11.8 Å². The van der Waals surface area contributed by atoms with Crippen molar-refractivity contribution in [2.75, 3.05) is 19.6 Å². The van der Waals surface area contributed by atoms with Crippen molar-refractivity contribution >= 4 is 44.8 Å². The first-order valence-electron chi connectivity index (χ1n) is 9.95. The summed E-state index contributed by atoms with van der Waals surface area (Å²) < 4.78 is 29.0. The molecule has 0 aliphatic heterocycles. The van der Waals surface area contributed by atoms with Crippen LogP contribution in [0, 0.1) is 0 Å². The van der Waals surface area contributed by atoms with Gasteiger partial charge in [0.2, 0.25) is 15.9 Å². The highest BCUT2D eigenvalue weighted by molar-refractivity contribution is 8.00. The topological polar surface area (TPSA) is 113 Å². The second-order valence-electron chi connectivity index (χ2n) is 6.49. The lowest BCUT2D eigenvalue weighted by Crippen LogP contribution is -2.42. The van der Waals surface area contributed by atoms with Crippen LogP contribution in [0.4, 0.5) is 4.79 Å². The Balaban J connectivity index is 2.34. The summed E-state index contributed by atoms with van der Waals surface area (Å²) in [6.07, 6.45) is 0. The van der Waals surface area contributed by atoms with Gasteiger partial charge in [-0.25, -0.2) is 18.2 Å². The van der Waals surface area contributed by atoms with Gasteiger partial charge in [-0.05, 0) is 39.0 Å². The van der Waals surface area contributed by atoms with Crippen LogP contribution in [-0.2, 0) is 21.4 Å². The molecule has 1 unspecified atom stereocenters. The Morgan fingerprint density at radius 1 is 1.20 bits per heavy atom. The Kier molecular flexibility index (Phi) is 8.27. The number of sulfonamides is 1. The summed E-state index contributed by atoms with van der Waals surface area (Å²) in [7, 11) is -3.59. The van der Waals surface area contributed by atoms with Crippen LogP contribution in [0.5, 0.6) is 0 Å². The maximum Gasteiger partial charge on any atom is 0.321 e. The summed E-state index contributed by atoms with van der Waals surface area (Å²) >= 11 is 1.22. The standard InChI is InChI=1S/C19H29N5O4S2/c1-6-20-18(26)22-17(25)13(5)29-19-21-15-12-14(10-11-16(15)24(19)9-4)30(27,28)23(7-2)8-3/h10-13H,6-9H2,1-5H3,(H2,20,22,25,26). The molecule has 11 heteroatoms. The van der Waals surface area contributed by atoms with Crippen LogP contribution in [0.15, 0.2) is 28.3 Å². The van der Waals surface area contributed by atoms with E-state index in [1.807, 2.05) is 11.5 Å². The zero-order valence-electron chi connectivity index (χ0n) is 17.9. The lowest BCUT2D eigenvalue weighted by Gasteiger charge is -2.18.